The summed E-state index contributed by atoms with van der Waals surface area (Å²) in [5.41, 5.74) is 0. The van der Waals surface area contributed by atoms with Gasteiger partial charge in [0.1, 0.15) is 0 Å². The Morgan fingerprint density at radius 1 is 1.60 bits per heavy atom. The van der Waals surface area contributed by atoms with Gasteiger partial charge in [0.05, 0.1) is 12.2 Å². The zero-order valence-electron chi connectivity index (χ0n) is 5.22. The van der Waals surface area contributed by atoms with E-state index in [1.165, 1.54) is 6.07 Å². The fourth-order valence-electron chi connectivity index (χ4n) is 0.423. The Hall–Kier alpha value is -0.640. The smallest absolute Gasteiger partial charge is 0.284 e. The molecule has 0 aromatic rings. The fourth-order valence-corrected chi connectivity index (χ4v) is 1.05. The van der Waals surface area contributed by atoms with E-state index in [-0.39, 0.29) is 0 Å². The van der Waals surface area contributed by atoms with Crippen molar-refractivity contribution in [2.45, 2.75) is 18.3 Å². The predicted octanol–water partition coefficient (Wildman–Crippen LogP) is -0.853. The van der Waals surface area contributed by atoms with Crippen LogP contribution in [0.1, 0.15) is 6.92 Å². The minimum atomic E-state index is -4.43. The third-order valence-corrected chi connectivity index (χ3v) is 2.03. The molecular weight excluding hydrogens is 158 g/mol. The monoisotopic (exact) mass is 165 g/mol. The van der Waals surface area contributed by atoms with Crippen molar-refractivity contribution in [2.24, 2.45) is 0 Å². The fraction of sp³-hybridized carbons (Fsp3) is 0.750. The van der Waals surface area contributed by atoms with Gasteiger partial charge in [0.2, 0.25) is 0 Å². The van der Waals surface area contributed by atoms with Crippen molar-refractivity contribution in [2.75, 3.05) is 0 Å². The maximum absolute atomic E-state index is 10.2. The van der Waals surface area contributed by atoms with Gasteiger partial charge in [-0.2, -0.15) is 13.7 Å². The van der Waals surface area contributed by atoms with E-state index < -0.39 is 21.5 Å². The summed E-state index contributed by atoms with van der Waals surface area (Å²) in [6, 6.07) is 1.25. The quantitative estimate of drug-likeness (QED) is 0.519. The molecule has 0 aliphatic heterocycles. The van der Waals surface area contributed by atoms with Gasteiger partial charge in [0.25, 0.3) is 10.1 Å². The number of nitriles is 1. The van der Waals surface area contributed by atoms with E-state index in [4.69, 9.17) is 14.9 Å². The van der Waals surface area contributed by atoms with Crippen LogP contribution in [-0.4, -0.2) is 29.4 Å². The molecule has 0 amide bonds. The van der Waals surface area contributed by atoms with Crippen LogP contribution in [0.5, 0.6) is 0 Å². The van der Waals surface area contributed by atoms with Crippen molar-refractivity contribution >= 4 is 10.1 Å². The lowest BCUT2D eigenvalue weighted by molar-refractivity contribution is 0.199. The Morgan fingerprint density at radius 3 is 2.00 bits per heavy atom. The zero-order chi connectivity index (χ0) is 8.36. The lowest BCUT2D eigenvalue weighted by Gasteiger charge is -2.06. The molecule has 0 aromatic carbocycles. The number of nitrogens with zero attached hydrogens (tertiary/aromatic N) is 1. The molecule has 0 fully saturated rings. The predicted molar refractivity (Wildman–Crippen MR) is 32.6 cm³/mol. The normalized spacial score (nSPS) is 17.4. The molecule has 0 saturated heterocycles. The summed E-state index contributed by atoms with van der Waals surface area (Å²) in [6.07, 6.45) is -1.38. The Labute approximate surface area is 58.6 Å². The minimum absolute atomic E-state index is 1.11. The second kappa shape index (κ2) is 2.96. The van der Waals surface area contributed by atoms with Crippen LogP contribution in [0.25, 0.3) is 0 Å². The van der Waals surface area contributed by atoms with Gasteiger partial charge in [0.15, 0.2) is 5.25 Å². The Balaban J connectivity index is 4.60. The first-order valence-electron chi connectivity index (χ1n) is 2.43. The second-order valence-corrected chi connectivity index (χ2v) is 3.34. The standard InChI is InChI=1S/C4H7NO4S/c1-3(6)4(2-5)10(7,8)9/h3-4,6H,1H3,(H,7,8,9). The summed E-state index contributed by atoms with van der Waals surface area (Å²) < 4.78 is 28.6. The zero-order valence-corrected chi connectivity index (χ0v) is 6.04. The molecule has 0 aliphatic rings. The van der Waals surface area contributed by atoms with Crippen molar-refractivity contribution < 1.29 is 18.1 Å². The van der Waals surface area contributed by atoms with Crippen LogP contribution in [0.3, 0.4) is 0 Å². The van der Waals surface area contributed by atoms with Gasteiger partial charge in [-0.15, -0.1) is 0 Å². The average Bonchev–Trinajstić information content (AvgIpc) is 1.60. The van der Waals surface area contributed by atoms with Crippen molar-refractivity contribution in [3.63, 3.8) is 0 Å². The second-order valence-electron chi connectivity index (χ2n) is 1.81. The topological polar surface area (TPSA) is 98.4 Å². The highest BCUT2D eigenvalue weighted by Gasteiger charge is 2.27. The van der Waals surface area contributed by atoms with Crippen LogP contribution in [0.15, 0.2) is 0 Å². The lowest BCUT2D eigenvalue weighted by atomic mass is 10.3. The molecule has 6 heteroatoms. The molecule has 0 saturated carbocycles. The molecule has 58 valence electrons. The first-order valence-corrected chi connectivity index (χ1v) is 3.94. The molecule has 2 unspecified atom stereocenters. The van der Waals surface area contributed by atoms with Crippen LogP contribution in [0.2, 0.25) is 0 Å². The van der Waals surface area contributed by atoms with Crippen LogP contribution in [-0.2, 0) is 10.1 Å². The van der Waals surface area contributed by atoms with Crippen molar-refractivity contribution in [1.82, 2.24) is 0 Å². The van der Waals surface area contributed by atoms with Crippen LogP contribution in [0.4, 0.5) is 0 Å². The van der Waals surface area contributed by atoms with E-state index in [0.717, 1.165) is 6.92 Å². The number of hydrogen-bond acceptors (Lipinski definition) is 4. The van der Waals surface area contributed by atoms with Crippen LogP contribution < -0.4 is 0 Å². The molecule has 5 nitrogen and oxygen atoms in total. The summed E-state index contributed by atoms with van der Waals surface area (Å²) in [5, 5.41) is 14.9. The van der Waals surface area contributed by atoms with Crippen molar-refractivity contribution in [1.29, 1.82) is 5.26 Å². The van der Waals surface area contributed by atoms with Gasteiger partial charge < -0.3 is 5.11 Å². The van der Waals surface area contributed by atoms with E-state index in [0.29, 0.717) is 0 Å². The van der Waals surface area contributed by atoms with Gasteiger partial charge in [-0.05, 0) is 6.92 Å². The molecule has 0 rings (SSSR count). The van der Waals surface area contributed by atoms with E-state index in [1.807, 2.05) is 0 Å². The first kappa shape index (κ1) is 9.36. The van der Waals surface area contributed by atoms with E-state index in [2.05, 4.69) is 0 Å². The number of hydrogen-bond donors (Lipinski definition) is 2. The molecule has 2 atom stereocenters. The Bertz CT molecular complexity index is 236. The number of rotatable bonds is 2. The first-order chi connectivity index (χ1) is 4.39. The summed E-state index contributed by atoms with van der Waals surface area (Å²) in [6.45, 7) is 1.11. The molecule has 0 heterocycles. The summed E-state index contributed by atoms with van der Waals surface area (Å²) in [4.78, 5) is 0. The third-order valence-electron chi connectivity index (χ3n) is 0.886. The maximum atomic E-state index is 10.2. The van der Waals surface area contributed by atoms with Crippen molar-refractivity contribution in [3.05, 3.63) is 0 Å². The van der Waals surface area contributed by atoms with E-state index >= 15 is 0 Å². The maximum Gasteiger partial charge on any atom is 0.284 e. The van der Waals surface area contributed by atoms with Gasteiger partial charge in [-0.3, -0.25) is 4.55 Å². The highest BCUT2D eigenvalue weighted by molar-refractivity contribution is 7.86. The Morgan fingerprint density at radius 2 is 2.00 bits per heavy atom. The molecular formula is C4H7NO4S. The molecule has 0 bridgehead atoms. The summed E-state index contributed by atoms with van der Waals surface area (Å²) in [7, 11) is -4.43. The van der Waals surface area contributed by atoms with Crippen molar-refractivity contribution in [3.8, 4) is 6.07 Å². The SMILES string of the molecule is CC(O)C(C#N)S(=O)(=O)O. The summed E-state index contributed by atoms with van der Waals surface area (Å²) in [5.74, 6) is 0. The Kier molecular flexibility index (Phi) is 2.77. The van der Waals surface area contributed by atoms with E-state index in [1.54, 1.807) is 0 Å². The van der Waals surface area contributed by atoms with Crippen LogP contribution in [0, 0.1) is 11.3 Å². The van der Waals surface area contributed by atoms with Gasteiger partial charge in [0, 0.05) is 0 Å². The largest absolute Gasteiger partial charge is 0.391 e. The molecule has 0 spiro atoms. The average molecular weight is 165 g/mol. The summed E-state index contributed by atoms with van der Waals surface area (Å²) >= 11 is 0. The van der Waals surface area contributed by atoms with Gasteiger partial charge >= 0.3 is 0 Å². The highest BCUT2D eigenvalue weighted by Crippen LogP contribution is 2.01. The lowest BCUT2D eigenvalue weighted by Crippen LogP contribution is -2.29. The third kappa shape index (κ3) is 2.31. The molecule has 2 N–H and O–H groups in total. The van der Waals surface area contributed by atoms with Gasteiger partial charge in [-0.25, -0.2) is 0 Å². The molecule has 0 aliphatic carbocycles. The molecule has 0 radical (unpaired) electrons. The van der Waals surface area contributed by atoms with Crippen LogP contribution >= 0.6 is 0 Å². The minimum Gasteiger partial charge on any atom is -0.391 e. The molecule has 10 heavy (non-hydrogen) atoms. The number of aliphatic hydroxyl groups is 1. The van der Waals surface area contributed by atoms with E-state index in [9.17, 15) is 8.42 Å². The highest BCUT2D eigenvalue weighted by atomic mass is 32.2. The van der Waals surface area contributed by atoms with Gasteiger partial charge in [-0.1, -0.05) is 0 Å². The number of aliphatic hydroxyl groups excluding tert-OH is 1. The molecule has 0 aromatic heterocycles.